The number of hydrogen-bond donors (Lipinski definition) is 1. The maximum Gasteiger partial charge on any atom is 0.333 e. The van der Waals surface area contributed by atoms with Crippen molar-refractivity contribution in [3.8, 4) is 0 Å². The molecular formula is C8H9NO5S. The number of hydrogen-bond acceptors (Lipinski definition) is 5. The van der Waals surface area contributed by atoms with Crippen LogP contribution in [-0.4, -0.2) is 33.0 Å². The maximum absolute atomic E-state index is 11.1. The molecule has 1 rings (SSSR count). The number of aliphatic carboxylic acids is 1. The maximum atomic E-state index is 11.1. The molecule has 0 atom stereocenters. The molecule has 1 aliphatic heterocycles. The van der Waals surface area contributed by atoms with Crippen molar-refractivity contribution in [2.75, 3.05) is 0 Å². The standard InChI is InChI=1S/C8H9NO5S/c10-5-1-2-6(15)9(5)14-8(13)4-3-7(11)12/h1-4H2,(H,11,12). The number of carboxylic acids is 1. The van der Waals surface area contributed by atoms with Gasteiger partial charge in [-0.3, -0.25) is 9.59 Å². The zero-order valence-electron chi connectivity index (χ0n) is 7.76. The van der Waals surface area contributed by atoms with E-state index in [4.69, 9.17) is 17.3 Å². The highest BCUT2D eigenvalue weighted by Crippen LogP contribution is 2.14. The quantitative estimate of drug-likeness (QED) is 0.698. The Morgan fingerprint density at radius 1 is 1.40 bits per heavy atom. The lowest BCUT2D eigenvalue weighted by Crippen LogP contribution is -2.31. The summed E-state index contributed by atoms with van der Waals surface area (Å²) in [5, 5.41) is 9.08. The van der Waals surface area contributed by atoms with Crippen LogP contribution >= 0.6 is 12.2 Å². The van der Waals surface area contributed by atoms with Gasteiger partial charge in [0.1, 0.15) is 4.99 Å². The van der Waals surface area contributed by atoms with Crippen LogP contribution < -0.4 is 0 Å². The SMILES string of the molecule is O=C(O)CCC(=O)ON1C(=O)CCC1=S. The van der Waals surface area contributed by atoms with E-state index in [2.05, 4.69) is 4.84 Å². The van der Waals surface area contributed by atoms with Crippen molar-refractivity contribution < 1.29 is 24.3 Å². The average Bonchev–Trinajstić information content (AvgIpc) is 2.46. The molecule has 0 unspecified atom stereocenters. The third-order valence-corrected chi connectivity index (χ3v) is 2.11. The lowest BCUT2D eigenvalue weighted by molar-refractivity contribution is -0.180. The molecule has 0 spiro atoms. The van der Waals surface area contributed by atoms with Crippen LogP contribution in [0.5, 0.6) is 0 Å². The van der Waals surface area contributed by atoms with Crippen LogP contribution in [-0.2, 0) is 19.2 Å². The van der Waals surface area contributed by atoms with Gasteiger partial charge in [0.25, 0.3) is 5.91 Å². The summed E-state index contributed by atoms with van der Waals surface area (Å²) < 4.78 is 0. The van der Waals surface area contributed by atoms with E-state index in [0.29, 0.717) is 6.42 Å². The Hall–Kier alpha value is -1.50. The Labute approximate surface area is 90.8 Å². The predicted octanol–water partition coefficient (Wildman–Crippen LogP) is 0.259. The summed E-state index contributed by atoms with van der Waals surface area (Å²) >= 11 is 4.78. The van der Waals surface area contributed by atoms with E-state index in [1.807, 2.05) is 0 Å². The minimum Gasteiger partial charge on any atom is -0.481 e. The third kappa shape index (κ3) is 3.28. The lowest BCUT2D eigenvalue weighted by atomic mass is 10.3. The highest BCUT2D eigenvalue weighted by molar-refractivity contribution is 7.80. The number of hydroxylamine groups is 2. The van der Waals surface area contributed by atoms with E-state index in [1.54, 1.807) is 0 Å². The minimum absolute atomic E-state index is 0.227. The van der Waals surface area contributed by atoms with E-state index in [-0.39, 0.29) is 30.2 Å². The van der Waals surface area contributed by atoms with Crippen molar-refractivity contribution in [3.05, 3.63) is 0 Å². The van der Waals surface area contributed by atoms with Crippen molar-refractivity contribution in [3.63, 3.8) is 0 Å². The number of thiocarbonyl (C=S) groups is 1. The van der Waals surface area contributed by atoms with Crippen LogP contribution in [0, 0.1) is 0 Å². The predicted molar refractivity (Wildman–Crippen MR) is 51.6 cm³/mol. The van der Waals surface area contributed by atoms with Crippen molar-refractivity contribution in [2.24, 2.45) is 0 Å². The van der Waals surface area contributed by atoms with Gasteiger partial charge in [-0.1, -0.05) is 12.2 Å². The second-order valence-electron chi connectivity index (χ2n) is 2.94. The number of carboxylic acid groups (broad SMARTS) is 1. The van der Waals surface area contributed by atoms with Gasteiger partial charge in [0.15, 0.2) is 0 Å². The van der Waals surface area contributed by atoms with Crippen LogP contribution in [0.25, 0.3) is 0 Å². The fourth-order valence-electron chi connectivity index (χ4n) is 1.01. The molecule has 82 valence electrons. The molecule has 0 aromatic carbocycles. The molecule has 1 aliphatic rings. The van der Waals surface area contributed by atoms with Gasteiger partial charge in [-0.05, 0) is 0 Å². The normalized spacial score (nSPS) is 15.6. The second-order valence-corrected chi connectivity index (χ2v) is 3.41. The van der Waals surface area contributed by atoms with Crippen LogP contribution in [0.4, 0.5) is 0 Å². The monoisotopic (exact) mass is 231 g/mol. The van der Waals surface area contributed by atoms with Gasteiger partial charge < -0.3 is 9.94 Å². The molecule has 1 fully saturated rings. The zero-order valence-corrected chi connectivity index (χ0v) is 8.58. The van der Waals surface area contributed by atoms with E-state index in [0.717, 1.165) is 5.06 Å². The van der Waals surface area contributed by atoms with Crippen molar-refractivity contribution >= 4 is 35.1 Å². The summed E-state index contributed by atoms with van der Waals surface area (Å²) in [7, 11) is 0. The Bertz CT molecular complexity index is 311. The number of amides is 1. The minimum atomic E-state index is -1.10. The summed E-state index contributed by atoms with van der Waals surface area (Å²) in [6.45, 7) is 0. The van der Waals surface area contributed by atoms with E-state index in [1.165, 1.54) is 0 Å². The van der Waals surface area contributed by atoms with Gasteiger partial charge in [-0.25, -0.2) is 4.79 Å². The first-order valence-corrected chi connectivity index (χ1v) is 4.70. The lowest BCUT2D eigenvalue weighted by Gasteiger charge is -2.13. The van der Waals surface area contributed by atoms with Crippen molar-refractivity contribution in [2.45, 2.75) is 25.7 Å². The Morgan fingerprint density at radius 2 is 2.07 bits per heavy atom. The van der Waals surface area contributed by atoms with Crippen LogP contribution in [0.3, 0.4) is 0 Å². The van der Waals surface area contributed by atoms with Crippen LogP contribution in [0.15, 0.2) is 0 Å². The smallest absolute Gasteiger partial charge is 0.333 e. The summed E-state index contributed by atoms with van der Waals surface area (Å²) in [6, 6.07) is 0. The van der Waals surface area contributed by atoms with Crippen LogP contribution in [0.1, 0.15) is 25.7 Å². The Kier molecular flexibility index (Phi) is 3.73. The number of carbonyl (C=O) groups is 3. The van der Waals surface area contributed by atoms with Crippen LogP contribution in [0.2, 0.25) is 0 Å². The number of carbonyl (C=O) groups excluding carboxylic acids is 2. The fourth-order valence-corrected chi connectivity index (χ4v) is 1.26. The summed E-state index contributed by atoms with van der Waals surface area (Å²) in [6.07, 6.45) is 0.0147. The van der Waals surface area contributed by atoms with Crippen molar-refractivity contribution in [1.82, 2.24) is 5.06 Å². The zero-order chi connectivity index (χ0) is 11.4. The molecular weight excluding hydrogens is 222 g/mol. The molecule has 0 bridgehead atoms. The first kappa shape index (κ1) is 11.6. The molecule has 15 heavy (non-hydrogen) atoms. The summed E-state index contributed by atoms with van der Waals surface area (Å²) in [5.74, 6) is -2.24. The fraction of sp³-hybridized carbons (Fsp3) is 0.500. The van der Waals surface area contributed by atoms with E-state index in [9.17, 15) is 14.4 Å². The third-order valence-electron chi connectivity index (χ3n) is 1.74. The number of nitrogens with zero attached hydrogens (tertiary/aromatic N) is 1. The first-order valence-electron chi connectivity index (χ1n) is 4.29. The highest BCUT2D eigenvalue weighted by Gasteiger charge is 2.29. The molecule has 6 nitrogen and oxygen atoms in total. The second kappa shape index (κ2) is 4.83. The molecule has 0 saturated carbocycles. The molecule has 0 aromatic rings. The summed E-state index contributed by atoms with van der Waals surface area (Å²) in [4.78, 5) is 37.2. The van der Waals surface area contributed by atoms with Gasteiger partial charge in [-0.15, -0.1) is 5.06 Å². The highest BCUT2D eigenvalue weighted by atomic mass is 32.1. The van der Waals surface area contributed by atoms with Gasteiger partial charge >= 0.3 is 11.9 Å². The molecule has 0 aliphatic carbocycles. The molecule has 1 N–H and O–H groups in total. The van der Waals surface area contributed by atoms with Crippen molar-refractivity contribution in [1.29, 1.82) is 0 Å². The Morgan fingerprint density at radius 3 is 2.53 bits per heavy atom. The topological polar surface area (TPSA) is 83.9 Å². The molecule has 1 saturated heterocycles. The van der Waals surface area contributed by atoms with Gasteiger partial charge in [0.2, 0.25) is 0 Å². The Balaban J connectivity index is 2.40. The van der Waals surface area contributed by atoms with Gasteiger partial charge in [-0.2, -0.15) is 0 Å². The molecule has 1 amide bonds. The first-order chi connectivity index (χ1) is 7.00. The number of rotatable bonds is 4. The summed E-state index contributed by atoms with van der Waals surface area (Å²) in [5.41, 5.74) is 0. The molecule has 0 aromatic heterocycles. The van der Waals surface area contributed by atoms with E-state index >= 15 is 0 Å². The largest absolute Gasteiger partial charge is 0.481 e. The molecule has 7 heteroatoms. The molecule has 1 heterocycles. The van der Waals surface area contributed by atoms with Gasteiger partial charge in [0.05, 0.1) is 12.8 Å². The average molecular weight is 231 g/mol. The van der Waals surface area contributed by atoms with E-state index < -0.39 is 11.9 Å². The van der Waals surface area contributed by atoms with Gasteiger partial charge in [0, 0.05) is 12.8 Å². The molecule has 0 radical (unpaired) electrons.